The number of thiocarbonyl (C=S) groups is 1. The lowest BCUT2D eigenvalue weighted by Crippen LogP contribution is -2.20. The van der Waals surface area contributed by atoms with Crippen LogP contribution in [0, 0.1) is 10.1 Å². The van der Waals surface area contributed by atoms with Gasteiger partial charge in [0.25, 0.3) is 17.5 Å². The average Bonchev–Trinajstić information content (AvgIpc) is 3.03. The molecule has 0 spiro atoms. The van der Waals surface area contributed by atoms with Crippen molar-refractivity contribution in [1.82, 2.24) is 5.32 Å². The molecule has 1 saturated heterocycles. The van der Waals surface area contributed by atoms with Gasteiger partial charge in [-0.15, -0.1) is 0 Å². The Kier molecular flexibility index (Phi) is 6.65. The molecule has 0 atom stereocenters. The van der Waals surface area contributed by atoms with Crippen LogP contribution >= 0.6 is 24.0 Å². The third kappa shape index (κ3) is 5.33. The first-order chi connectivity index (χ1) is 14.4. The molecule has 0 aromatic heterocycles. The lowest BCUT2D eigenvalue weighted by Gasteiger charge is -2.11. The first-order valence-corrected chi connectivity index (χ1v) is 9.68. The van der Waals surface area contributed by atoms with Gasteiger partial charge in [-0.1, -0.05) is 36.1 Å². The smallest absolute Gasteiger partial charge is 0.271 e. The fourth-order valence-electron chi connectivity index (χ4n) is 2.50. The van der Waals surface area contributed by atoms with E-state index in [0.717, 1.165) is 0 Å². The van der Waals surface area contributed by atoms with Crippen molar-refractivity contribution in [2.24, 2.45) is 0 Å². The van der Waals surface area contributed by atoms with Crippen molar-refractivity contribution in [3.63, 3.8) is 0 Å². The van der Waals surface area contributed by atoms with Crippen LogP contribution < -0.4 is 20.1 Å². The summed E-state index contributed by atoms with van der Waals surface area (Å²) in [6, 6.07) is 10.6. The van der Waals surface area contributed by atoms with Gasteiger partial charge in [-0.3, -0.25) is 19.7 Å². The Hall–Kier alpha value is -3.44. The normalized spacial score (nSPS) is 14.4. The standard InChI is InChI=1S/C19H15N3O6S2/c1-27-15-7-11(8-16-18(24)21-19(29)30-16)5-6-14(15)28-10-17(23)20-12-3-2-4-13(9-12)22(25)26/h2-9H,10H2,1H3,(H,20,23)(H,21,24,29)/b16-8-. The number of nitro benzene ring substituents is 1. The molecule has 30 heavy (non-hydrogen) atoms. The molecule has 0 radical (unpaired) electrons. The minimum atomic E-state index is -0.547. The molecular weight excluding hydrogens is 430 g/mol. The molecule has 9 nitrogen and oxygen atoms in total. The number of non-ortho nitro benzene ring substituents is 1. The van der Waals surface area contributed by atoms with E-state index in [4.69, 9.17) is 21.7 Å². The maximum atomic E-state index is 12.1. The molecule has 0 bridgehead atoms. The lowest BCUT2D eigenvalue weighted by molar-refractivity contribution is -0.384. The van der Waals surface area contributed by atoms with Crippen molar-refractivity contribution in [2.45, 2.75) is 0 Å². The fraction of sp³-hybridized carbons (Fsp3) is 0.105. The number of carbonyl (C=O) groups is 2. The van der Waals surface area contributed by atoms with Gasteiger partial charge < -0.3 is 20.1 Å². The van der Waals surface area contributed by atoms with Gasteiger partial charge in [-0.2, -0.15) is 0 Å². The summed E-state index contributed by atoms with van der Waals surface area (Å²) in [4.78, 5) is 34.6. The predicted octanol–water partition coefficient (Wildman–Crippen LogP) is 3.11. The molecule has 1 aliphatic rings. The summed E-state index contributed by atoms with van der Waals surface area (Å²) in [5.74, 6) is -0.0511. The number of amides is 2. The van der Waals surface area contributed by atoms with Gasteiger partial charge in [0, 0.05) is 17.8 Å². The molecule has 1 fully saturated rings. The van der Waals surface area contributed by atoms with Crippen LogP contribution in [0.2, 0.25) is 0 Å². The fourth-order valence-corrected chi connectivity index (χ4v) is 3.55. The van der Waals surface area contributed by atoms with E-state index in [0.29, 0.717) is 26.3 Å². The summed E-state index contributed by atoms with van der Waals surface area (Å²) in [6.45, 7) is -0.327. The van der Waals surface area contributed by atoms with Gasteiger partial charge in [0.05, 0.1) is 16.9 Å². The van der Waals surface area contributed by atoms with Crippen molar-refractivity contribution in [3.05, 3.63) is 63.0 Å². The molecule has 2 aromatic rings. The number of hydrogen-bond donors (Lipinski definition) is 2. The molecule has 0 unspecified atom stereocenters. The van der Waals surface area contributed by atoms with E-state index in [1.54, 1.807) is 24.3 Å². The quantitative estimate of drug-likeness (QED) is 0.289. The molecule has 2 aromatic carbocycles. The van der Waals surface area contributed by atoms with Crippen LogP contribution in [0.3, 0.4) is 0 Å². The maximum Gasteiger partial charge on any atom is 0.271 e. The van der Waals surface area contributed by atoms with Crippen LogP contribution in [0.15, 0.2) is 47.4 Å². The average molecular weight is 445 g/mol. The van der Waals surface area contributed by atoms with E-state index < -0.39 is 10.8 Å². The Labute approximate surface area is 180 Å². The van der Waals surface area contributed by atoms with Crippen LogP contribution in [0.5, 0.6) is 11.5 Å². The number of anilines is 1. The van der Waals surface area contributed by atoms with E-state index in [1.807, 2.05) is 0 Å². The molecule has 2 amide bonds. The van der Waals surface area contributed by atoms with Crippen molar-refractivity contribution in [1.29, 1.82) is 0 Å². The van der Waals surface area contributed by atoms with Crippen LogP contribution in [-0.2, 0) is 9.59 Å². The SMILES string of the molecule is COc1cc(/C=C2\SC(=S)NC2=O)ccc1OCC(=O)Nc1cccc([N+](=O)[O-])c1. The second-order valence-corrected chi connectivity index (χ2v) is 7.63. The topological polar surface area (TPSA) is 120 Å². The number of ether oxygens (including phenoxy) is 2. The van der Waals surface area contributed by atoms with Crippen LogP contribution in [-0.4, -0.2) is 34.8 Å². The Morgan fingerprint density at radius 2 is 2.10 bits per heavy atom. The molecule has 0 aliphatic carbocycles. The van der Waals surface area contributed by atoms with Crippen LogP contribution in [0.4, 0.5) is 11.4 Å². The highest BCUT2D eigenvalue weighted by Crippen LogP contribution is 2.31. The molecule has 2 N–H and O–H groups in total. The molecule has 154 valence electrons. The molecular formula is C19H15N3O6S2. The number of rotatable bonds is 7. The number of nitrogens with one attached hydrogen (secondary N) is 2. The maximum absolute atomic E-state index is 12.1. The summed E-state index contributed by atoms with van der Waals surface area (Å²) >= 11 is 6.13. The first kappa shape index (κ1) is 21.3. The van der Waals surface area contributed by atoms with E-state index in [1.165, 1.54) is 43.1 Å². The number of methoxy groups -OCH3 is 1. The van der Waals surface area contributed by atoms with Crippen LogP contribution in [0.25, 0.3) is 6.08 Å². The Morgan fingerprint density at radius 3 is 2.77 bits per heavy atom. The summed E-state index contributed by atoms with van der Waals surface area (Å²) in [5, 5.41) is 15.9. The van der Waals surface area contributed by atoms with Gasteiger partial charge in [0.15, 0.2) is 18.1 Å². The summed E-state index contributed by atoms with van der Waals surface area (Å²) < 4.78 is 11.2. The van der Waals surface area contributed by atoms with E-state index in [-0.39, 0.29) is 23.9 Å². The summed E-state index contributed by atoms with van der Waals surface area (Å²) in [5.41, 5.74) is 0.856. The zero-order valence-corrected chi connectivity index (χ0v) is 17.2. The highest BCUT2D eigenvalue weighted by Gasteiger charge is 2.22. The summed E-state index contributed by atoms with van der Waals surface area (Å²) in [7, 11) is 1.45. The highest BCUT2D eigenvalue weighted by molar-refractivity contribution is 8.26. The molecule has 1 heterocycles. The number of nitro groups is 1. The first-order valence-electron chi connectivity index (χ1n) is 8.45. The predicted molar refractivity (Wildman–Crippen MR) is 117 cm³/mol. The van der Waals surface area contributed by atoms with Gasteiger partial charge in [-0.05, 0) is 29.8 Å². The van der Waals surface area contributed by atoms with Crippen molar-refractivity contribution in [2.75, 3.05) is 19.0 Å². The minimum absolute atomic E-state index is 0.130. The third-order valence-electron chi connectivity index (χ3n) is 3.83. The van der Waals surface area contributed by atoms with Gasteiger partial charge >= 0.3 is 0 Å². The molecule has 1 aliphatic heterocycles. The molecule has 3 rings (SSSR count). The van der Waals surface area contributed by atoms with Crippen molar-refractivity contribution < 1.29 is 24.0 Å². The van der Waals surface area contributed by atoms with Crippen molar-refractivity contribution in [3.8, 4) is 11.5 Å². The zero-order valence-electron chi connectivity index (χ0n) is 15.5. The Balaban J connectivity index is 1.65. The largest absolute Gasteiger partial charge is 0.493 e. The second-order valence-electron chi connectivity index (χ2n) is 5.91. The van der Waals surface area contributed by atoms with Gasteiger partial charge in [-0.25, -0.2) is 0 Å². The van der Waals surface area contributed by atoms with Crippen molar-refractivity contribution >= 4 is 57.6 Å². The number of carbonyl (C=O) groups excluding carboxylic acids is 2. The summed E-state index contributed by atoms with van der Waals surface area (Å²) in [6.07, 6.45) is 1.67. The number of hydrogen-bond acceptors (Lipinski definition) is 8. The van der Waals surface area contributed by atoms with E-state index in [9.17, 15) is 19.7 Å². The molecule has 11 heteroatoms. The van der Waals surface area contributed by atoms with Gasteiger partial charge in [0.1, 0.15) is 4.32 Å². The molecule has 0 saturated carbocycles. The van der Waals surface area contributed by atoms with Crippen LogP contribution in [0.1, 0.15) is 5.56 Å². The number of nitrogens with zero attached hydrogens (tertiary/aromatic N) is 1. The lowest BCUT2D eigenvalue weighted by atomic mass is 10.2. The monoisotopic (exact) mass is 445 g/mol. The van der Waals surface area contributed by atoms with E-state index >= 15 is 0 Å². The second kappa shape index (κ2) is 9.37. The number of benzene rings is 2. The van der Waals surface area contributed by atoms with Gasteiger partial charge in [0.2, 0.25) is 0 Å². The van der Waals surface area contributed by atoms with E-state index in [2.05, 4.69) is 10.6 Å². The Morgan fingerprint density at radius 1 is 1.30 bits per heavy atom. The number of thioether (sulfide) groups is 1. The minimum Gasteiger partial charge on any atom is -0.493 e. The Bertz CT molecular complexity index is 1070. The third-order valence-corrected chi connectivity index (χ3v) is 4.99. The highest BCUT2D eigenvalue weighted by atomic mass is 32.2. The zero-order chi connectivity index (χ0) is 21.7.